The van der Waals surface area contributed by atoms with E-state index >= 15 is 0 Å². The van der Waals surface area contributed by atoms with Crippen molar-refractivity contribution in [3.05, 3.63) is 11.8 Å². The highest BCUT2D eigenvalue weighted by Crippen LogP contribution is 2.36. The lowest BCUT2D eigenvalue weighted by atomic mass is 9.82. The van der Waals surface area contributed by atoms with Crippen LogP contribution in [0.2, 0.25) is 0 Å². The number of nitrogens with two attached hydrogens (primary N) is 1. The highest BCUT2D eigenvalue weighted by molar-refractivity contribution is 5.09. The van der Waals surface area contributed by atoms with Gasteiger partial charge in [-0.3, -0.25) is 0 Å². The number of rotatable bonds is 2. The Bertz CT molecular complexity index is 277. The summed E-state index contributed by atoms with van der Waals surface area (Å²) in [6.07, 6.45) is 4.88. The molecule has 0 aromatic carbocycles. The predicted octanol–water partition coefficient (Wildman–Crippen LogP) is 2.07. The van der Waals surface area contributed by atoms with Gasteiger partial charge in [0.25, 0.3) is 0 Å². The fraction of sp³-hybridized carbons (Fsp3) is 0.846. The molecule has 1 fully saturated rings. The Balaban J connectivity index is 2.08. The zero-order valence-electron chi connectivity index (χ0n) is 10.5. The zero-order chi connectivity index (χ0) is 11.7. The highest BCUT2D eigenvalue weighted by Gasteiger charge is 2.42. The van der Waals surface area contributed by atoms with Crippen LogP contribution in [0.4, 0.5) is 0 Å². The van der Waals surface area contributed by atoms with E-state index in [2.05, 4.69) is 26.8 Å². The molecule has 92 valence electrons. The van der Waals surface area contributed by atoms with Gasteiger partial charge in [-0.15, -0.1) is 0 Å². The first-order valence-corrected chi connectivity index (χ1v) is 6.35. The average molecular weight is 225 g/mol. The second-order valence-electron chi connectivity index (χ2n) is 5.11. The molecule has 2 N–H and O–H groups in total. The summed E-state index contributed by atoms with van der Waals surface area (Å²) >= 11 is 0. The lowest BCUT2D eigenvalue weighted by Crippen LogP contribution is -2.40. The van der Waals surface area contributed by atoms with E-state index in [1.807, 2.05) is 0 Å². The molecule has 0 aliphatic carbocycles. The maximum Gasteiger partial charge on any atom is 0.109 e. The maximum absolute atomic E-state index is 6.32. The summed E-state index contributed by atoms with van der Waals surface area (Å²) in [7, 11) is 0. The standard InChI is InChI=1S/C13H23NO2/c1-8-9(2)16-10(3)12(8)13(14)11-6-4-5-7-15-11/h6,8-10,12-13H,4-5,7,14H2,1-3H3. The van der Waals surface area contributed by atoms with Crippen molar-refractivity contribution in [1.82, 2.24) is 0 Å². The Labute approximate surface area is 98.0 Å². The third kappa shape index (κ3) is 2.11. The minimum atomic E-state index is -0.00440. The molecule has 0 spiro atoms. The van der Waals surface area contributed by atoms with E-state index in [4.69, 9.17) is 15.2 Å². The monoisotopic (exact) mass is 225 g/mol. The maximum atomic E-state index is 6.32. The van der Waals surface area contributed by atoms with Crippen LogP contribution in [0.1, 0.15) is 33.6 Å². The van der Waals surface area contributed by atoms with Gasteiger partial charge < -0.3 is 15.2 Å². The first-order valence-electron chi connectivity index (χ1n) is 6.35. The van der Waals surface area contributed by atoms with Crippen molar-refractivity contribution in [3.8, 4) is 0 Å². The highest BCUT2D eigenvalue weighted by atomic mass is 16.5. The van der Waals surface area contributed by atoms with E-state index in [-0.39, 0.29) is 12.1 Å². The molecule has 5 unspecified atom stereocenters. The van der Waals surface area contributed by atoms with Gasteiger partial charge in [0.15, 0.2) is 0 Å². The summed E-state index contributed by atoms with van der Waals surface area (Å²) in [5.41, 5.74) is 6.32. The number of allylic oxidation sites excluding steroid dienone is 1. The van der Waals surface area contributed by atoms with Crippen LogP contribution < -0.4 is 5.73 Å². The van der Waals surface area contributed by atoms with E-state index < -0.39 is 0 Å². The van der Waals surface area contributed by atoms with E-state index in [9.17, 15) is 0 Å². The van der Waals surface area contributed by atoms with Crippen molar-refractivity contribution in [2.45, 2.75) is 51.9 Å². The molecule has 0 radical (unpaired) electrons. The van der Waals surface area contributed by atoms with Crippen LogP contribution in [0.25, 0.3) is 0 Å². The molecule has 1 saturated heterocycles. The van der Waals surface area contributed by atoms with Crippen LogP contribution >= 0.6 is 0 Å². The normalized spacial score (nSPS) is 41.4. The molecule has 0 bridgehead atoms. The van der Waals surface area contributed by atoms with Gasteiger partial charge in [-0.25, -0.2) is 0 Å². The summed E-state index contributed by atoms with van der Waals surface area (Å²) < 4.78 is 11.5. The van der Waals surface area contributed by atoms with Crippen LogP contribution in [-0.2, 0) is 9.47 Å². The van der Waals surface area contributed by atoms with E-state index in [0.29, 0.717) is 17.9 Å². The molecule has 0 amide bonds. The third-order valence-corrected chi connectivity index (χ3v) is 4.02. The topological polar surface area (TPSA) is 44.5 Å². The second kappa shape index (κ2) is 4.76. The molecule has 16 heavy (non-hydrogen) atoms. The van der Waals surface area contributed by atoms with Gasteiger partial charge in [0.05, 0.1) is 24.9 Å². The SMILES string of the molecule is CC1OC(C)C(C(N)C2=CCCCO2)C1C. The van der Waals surface area contributed by atoms with Gasteiger partial charge in [0.1, 0.15) is 5.76 Å². The molecule has 2 rings (SSSR count). The smallest absolute Gasteiger partial charge is 0.109 e. The van der Waals surface area contributed by atoms with E-state index in [1.165, 1.54) is 0 Å². The summed E-state index contributed by atoms with van der Waals surface area (Å²) in [6, 6.07) is -0.00440. The summed E-state index contributed by atoms with van der Waals surface area (Å²) in [5.74, 6) is 1.85. The Morgan fingerprint density at radius 2 is 2.06 bits per heavy atom. The van der Waals surface area contributed by atoms with Crippen LogP contribution in [-0.4, -0.2) is 24.9 Å². The number of hydrogen-bond acceptors (Lipinski definition) is 3. The molecular formula is C13H23NO2. The average Bonchev–Trinajstić information content (AvgIpc) is 2.54. The van der Waals surface area contributed by atoms with Crippen molar-refractivity contribution < 1.29 is 9.47 Å². The zero-order valence-corrected chi connectivity index (χ0v) is 10.5. The molecule has 0 aromatic rings. The van der Waals surface area contributed by atoms with Crippen molar-refractivity contribution in [1.29, 1.82) is 0 Å². The van der Waals surface area contributed by atoms with Crippen LogP contribution in [0.5, 0.6) is 0 Å². The van der Waals surface area contributed by atoms with Gasteiger partial charge in [0, 0.05) is 5.92 Å². The number of hydrogen-bond donors (Lipinski definition) is 1. The summed E-state index contributed by atoms with van der Waals surface area (Å²) in [4.78, 5) is 0. The fourth-order valence-electron chi connectivity index (χ4n) is 2.91. The summed E-state index contributed by atoms with van der Waals surface area (Å²) in [6.45, 7) is 7.28. The van der Waals surface area contributed by atoms with Gasteiger partial charge in [0.2, 0.25) is 0 Å². The van der Waals surface area contributed by atoms with Crippen molar-refractivity contribution in [2.24, 2.45) is 17.6 Å². The minimum absolute atomic E-state index is 0.00440. The quantitative estimate of drug-likeness (QED) is 0.782. The molecule has 0 saturated carbocycles. The fourth-order valence-corrected chi connectivity index (χ4v) is 2.91. The van der Waals surface area contributed by atoms with E-state index in [1.54, 1.807) is 0 Å². The van der Waals surface area contributed by atoms with Gasteiger partial charge in [-0.05, 0) is 38.7 Å². The Hall–Kier alpha value is -0.540. The molecule has 2 aliphatic rings. The Morgan fingerprint density at radius 1 is 1.31 bits per heavy atom. The van der Waals surface area contributed by atoms with Gasteiger partial charge in [-0.2, -0.15) is 0 Å². The van der Waals surface area contributed by atoms with Crippen molar-refractivity contribution in [2.75, 3.05) is 6.61 Å². The largest absolute Gasteiger partial charge is 0.497 e. The second-order valence-corrected chi connectivity index (χ2v) is 5.11. The Morgan fingerprint density at radius 3 is 2.56 bits per heavy atom. The molecule has 3 nitrogen and oxygen atoms in total. The Kier molecular flexibility index (Phi) is 3.55. The lowest BCUT2D eigenvalue weighted by molar-refractivity contribution is 0.0470. The molecule has 2 heterocycles. The van der Waals surface area contributed by atoms with Gasteiger partial charge >= 0.3 is 0 Å². The molecule has 0 aromatic heterocycles. The van der Waals surface area contributed by atoms with Gasteiger partial charge in [-0.1, -0.05) is 6.92 Å². The first-order chi connectivity index (χ1) is 7.61. The molecule has 3 heteroatoms. The van der Waals surface area contributed by atoms with Crippen LogP contribution in [0, 0.1) is 11.8 Å². The third-order valence-electron chi connectivity index (χ3n) is 4.02. The summed E-state index contributed by atoms with van der Waals surface area (Å²) in [5, 5.41) is 0. The van der Waals surface area contributed by atoms with Crippen molar-refractivity contribution >= 4 is 0 Å². The molecular weight excluding hydrogens is 202 g/mol. The number of ether oxygens (including phenoxy) is 2. The van der Waals surface area contributed by atoms with E-state index in [0.717, 1.165) is 25.2 Å². The molecule has 5 atom stereocenters. The minimum Gasteiger partial charge on any atom is -0.497 e. The lowest BCUT2D eigenvalue weighted by Gasteiger charge is -2.29. The predicted molar refractivity (Wildman–Crippen MR) is 63.9 cm³/mol. The van der Waals surface area contributed by atoms with Crippen molar-refractivity contribution in [3.63, 3.8) is 0 Å². The van der Waals surface area contributed by atoms with Crippen LogP contribution in [0.15, 0.2) is 11.8 Å². The van der Waals surface area contributed by atoms with Crippen LogP contribution in [0.3, 0.4) is 0 Å². The molecule has 2 aliphatic heterocycles. The first kappa shape index (κ1) is 11.9.